The quantitative estimate of drug-likeness (QED) is 0.383. The topological polar surface area (TPSA) is 116 Å². The van der Waals surface area contributed by atoms with E-state index in [0.29, 0.717) is 0 Å². The maximum absolute atomic E-state index is 9.33. The molecule has 0 aliphatic heterocycles. The third-order valence-electron chi connectivity index (χ3n) is 0.161. The SMILES string of the molecule is N.O=COS(=O)(=O)O.[Zn].[Zn]. The van der Waals surface area contributed by atoms with E-state index >= 15 is 0 Å². The fraction of sp³-hybridized carbons (Fsp3) is 0. The fourth-order valence-electron chi connectivity index (χ4n) is 0.0496. The molecular formula is CH5NO5SZn2. The maximum atomic E-state index is 9.33. The van der Waals surface area contributed by atoms with Crippen molar-refractivity contribution in [3.63, 3.8) is 0 Å². The first-order valence-electron chi connectivity index (χ1n) is 1.15. The van der Waals surface area contributed by atoms with Crippen molar-refractivity contribution in [3.8, 4) is 0 Å². The molecular weight excluding hydrogens is 269 g/mol. The number of carbonyl (C=O) groups is 1. The van der Waals surface area contributed by atoms with Gasteiger partial charge in [-0.25, -0.2) is 0 Å². The Bertz CT molecular complexity index is 153. The molecule has 0 atom stereocenters. The predicted octanol–water partition coefficient (Wildman–Crippen LogP) is -0.881. The average molecular weight is 274 g/mol. The molecule has 0 aliphatic carbocycles. The zero-order valence-corrected chi connectivity index (χ0v) is 11.9. The first-order valence-corrected chi connectivity index (χ1v) is 2.52. The van der Waals surface area contributed by atoms with Crippen molar-refractivity contribution < 1.29 is 60.9 Å². The van der Waals surface area contributed by atoms with Gasteiger partial charge in [-0.15, -0.1) is 0 Å². The average Bonchev–Trinajstić information content (AvgIpc) is 1.30. The summed E-state index contributed by atoms with van der Waals surface area (Å²) in [7, 11) is -4.54. The first-order chi connectivity index (χ1) is 3.06. The Hall–Kier alpha value is 0.587. The monoisotopic (exact) mass is 271 g/mol. The van der Waals surface area contributed by atoms with Crippen molar-refractivity contribution in [1.29, 1.82) is 0 Å². The largest absolute Gasteiger partial charge is 0.448 e. The molecule has 0 aliphatic rings. The second-order valence-corrected chi connectivity index (χ2v) is 1.67. The van der Waals surface area contributed by atoms with Gasteiger partial charge >= 0.3 is 16.9 Å². The Morgan fingerprint density at radius 3 is 1.60 bits per heavy atom. The van der Waals surface area contributed by atoms with E-state index < -0.39 is 10.4 Å². The Labute approximate surface area is 83.8 Å². The second-order valence-electron chi connectivity index (χ2n) is 0.620. The van der Waals surface area contributed by atoms with Gasteiger partial charge < -0.3 is 10.3 Å². The van der Waals surface area contributed by atoms with Crippen LogP contribution in [0, 0.1) is 0 Å². The van der Waals surface area contributed by atoms with Gasteiger partial charge in [0.05, 0.1) is 0 Å². The van der Waals surface area contributed by atoms with E-state index in [-0.39, 0.29) is 51.6 Å². The van der Waals surface area contributed by atoms with Crippen molar-refractivity contribution in [2.75, 3.05) is 0 Å². The summed E-state index contributed by atoms with van der Waals surface area (Å²) in [4.78, 5) is 9.06. The number of hydrogen-bond donors (Lipinski definition) is 2. The molecule has 0 bridgehead atoms. The van der Waals surface area contributed by atoms with Gasteiger partial charge in [0.15, 0.2) is 0 Å². The second kappa shape index (κ2) is 9.59. The summed E-state index contributed by atoms with van der Waals surface area (Å²) in [6.45, 7) is -0.380. The zero-order valence-electron chi connectivity index (χ0n) is 5.19. The van der Waals surface area contributed by atoms with E-state index in [9.17, 15) is 8.42 Å². The van der Waals surface area contributed by atoms with Crippen LogP contribution in [0.4, 0.5) is 0 Å². The van der Waals surface area contributed by atoms with Crippen LogP contribution in [0.25, 0.3) is 0 Å². The van der Waals surface area contributed by atoms with Crippen LogP contribution in [0.15, 0.2) is 0 Å². The molecule has 0 fully saturated rings. The first kappa shape index (κ1) is 22.4. The van der Waals surface area contributed by atoms with Crippen molar-refractivity contribution in [2.24, 2.45) is 0 Å². The number of carbonyl (C=O) groups excluding carboxylic acids is 1. The van der Waals surface area contributed by atoms with Gasteiger partial charge in [0.2, 0.25) is 0 Å². The van der Waals surface area contributed by atoms with Gasteiger partial charge in [0.25, 0.3) is 0 Å². The van der Waals surface area contributed by atoms with Crippen LogP contribution < -0.4 is 6.15 Å². The van der Waals surface area contributed by atoms with E-state index in [1.165, 1.54) is 0 Å². The minimum Gasteiger partial charge on any atom is -0.344 e. The molecule has 0 amide bonds. The van der Waals surface area contributed by atoms with Crippen LogP contribution in [0.2, 0.25) is 0 Å². The standard InChI is InChI=1S/CH2O5S.H3N.2Zn/c2-1-6-7(3,4)5;;;/h1H,(H,3,4,5);1H3;;. The minimum atomic E-state index is -4.54. The molecule has 0 rings (SSSR count). The smallest absolute Gasteiger partial charge is 0.344 e. The molecule has 6 nitrogen and oxygen atoms in total. The fourth-order valence-corrected chi connectivity index (χ4v) is 0.149. The molecule has 0 aromatic carbocycles. The molecule has 0 heterocycles. The van der Waals surface area contributed by atoms with Gasteiger partial charge in [0, 0.05) is 39.0 Å². The normalized spacial score (nSPS) is 7.30. The molecule has 9 heteroatoms. The van der Waals surface area contributed by atoms with Gasteiger partial charge in [-0.1, -0.05) is 0 Å². The predicted molar refractivity (Wildman–Crippen MR) is 23.7 cm³/mol. The van der Waals surface area contributed by atoms with Crippen molar-refractivity contribution in [3.05, 3.63) is 0 Å². The van der Waals surface area contributed by atoms with Crippen LogP contribution in [0.1, 0.15) is 0 Å². The number of hydrogen-bond acceptors (Lipinski definition) is 5. The minimum absolute atomic E-state index is 0. The molecule has 54 valence electrons. The van der Waals surface area contributed by atoms with E-state index in [0.717, 1.165) is 0 Å². The summed E-state index contributed by atoms with van der Waals surface area (Å²) < 4.78 is 29.3. The van der Waals surface area contributed by atoms with Gasteiger partial charge in [-0.05, 0) is 0 Å². The molecule has 4 N–H and O–H groups in total. The summed E-state index contributed by atoms with van der Waals surface area (Å²) in [5.41, 5.74) is 0. The third kappa shape index (κ3) is 23.5. The summed E-state index contributed by atoms with van der Waals surface area (Å²) in [5, 5.41) is 0. The summed E-state index contributed by atoms with van der Waals surface area (Å²) in [6, 6.07) is 0. The molecule has 0 saturated heterocycles. The molecule has 0 spiro atoms. The Morgan fingerprint density at radius 2 is 1.60 bits per heavy atom. The van der Waals surface area contributed by atoms with Gasteiger partial charge in [-0.3, -0.25) is 9.35 Å². The molecule has 0 radical (unpaired) electrons. The van der Waals surface area contributed by atoms with Crippen LogP contribution in [-0.4, -0.2) is 19.4 Å². The molecule has 10 heavy (non-hydrogen) atoms. The Balaban J connectivity index is -0.0000000600. The van der Waals surface area contributed by atoms with Crippen molar-refractivity contribution in [1.82, 2.24) is 6.15 Å². The molecule has 0 aromatic rings. The molecule has 0 unspecified atom stereocenters. The van der Waals surface area contributed by atoms with Crippen LogP contribution in [0.3, 0.4) is 0 Å². The van der Waals surface area contributed by atoms with Gasteiger partial charge in [0.1, 0.15) is 0 Å². The van der Waals surface area contributed by atoms with E-state index in [2.05, 4.69) is 4.18 Å². The maximum Gasteiger partial charge on any atom is 0.448 e. The van der Waals surface area contributed by atoms with Gasteiger partial charge in [-0.2, -0.15) is 8.42 Å². The van der Waals surface area contributed by atoms with E-state index in [1.54, 1.807) is 0 Å². The van der Waals surface area contributed by atoms with Crippen LogP contribution in [-0.2, 0) is 58.3 Å². The molecule has 0 saturated carbocycles. The van der Waals surface area contributed by atoms with Crippen LogP contribution in [0.5, 0.6) is 0 Å². The Kier molecular flexibility index (Phi) is 21.5. The zero-order chi connectivity index (χ0) is 5.91. The number of rotatable bonds is 2. The summed E-state index contributed by atoms with van der Waals surface area (Å²) in [6.07, 6.45) is 0. The third-order valence-corrected chi connectivity index (χ3v) is 0.483. The van der Waals surface area contributed by atoms with E-state index in [4.69, 9.17) is 9.35 Å². The summed E-state index contributed by atoms with van der Waals surface area (Å²) >= 11 is 0. The van der Waals surface area contributed by atoms with Crippen molar-refractivity contribution in [2.45, 2.75) is 0 Å². The summed E-state index contributed by atoms with van der Waals surface area (Å²) in [5.74, 6) is 0. The van der Waals surface area contributed by atoms with E-state index in [1.807, 2.05) is 0 Å². The van der Waals surface area contributed by atoms with Crippen LogP contribution >= 0.6 is 0 Å². The van der Waals surface area contributed by atoms with Crippen molar-refractivity contribution >= 4 is 16.9 Å². The Morgan fingerprint density at radius 1 is 1.30 bits per heavy atom. The molecule has 0 aromatic heterocycles.